The van der Waals surface area contributed by atoms with Gasteiger partial charge in [-0.1, -0.05) is 44.4 Å². The minimum atomic E-state index is -0.157. The van der Waals surface area contributed by atoms with Gasteiger partial charge in [-0.25, -0.2) is 4.68 Å². The van der Waals surface area contributed by atoms with Crippen LogP contribution in [0.2, 0.25) is 0 Å². The first-order chi connectivity index (χ1) is 10.6. The van der Waals surface area contributed by atoms with Gasteiger partial charge in [-0.05, 0) is 31.3 Å². The lowest BCUT2D eigenvalue weighted by molar-refractivity contribution is -0.133. The van der Waals surface area contributed by atoms with E-state index in [9.17, 15) is 4.79 Å². The number of hydrogen-bond acceptors (Lipinski definition) is 3. The first-order valence-electron chi connectivity index (χ1n) is 8.55. The topological polar surface area (TPSA) is 51.0 Å². The fourth-order valence-corrected chi connectivity index (χ4v) is 3.50. The third kappa shape index (κ3) is 3.23. The van der Waals surface area contributed by atoms with E-state index < -0.39 is 0 Å². The van der Waals surface area contributed by atoms with Crippen molar-refractivity contribution < 1.29 is 4.79 Å². The average molecular weight is 302 g/mol. The van der Waals surface area contributed by atoms with Gasteiger partial charge in [0.1, 0.15) is 11.7 Å². The number of aromatic nitrogens is 3. The van der Waals surface area contributed by atoms with Crippen molar-refractivity contribution in [2.45, 2.75) is 64.5 Å². The third-order valence-corrected chi connectivity index (χ3v) is 4.73. The molecule has 1 aromatic rings. The fourth-order valence-electron chi connectivity index (χ4n) is 3.50. The molecule has 1 aromatic heterocycles. The smallest absolute Gasteiger partial charge is 0.247 e. The molecule has 0 radical (unpaired) electrons. The van der Waals surface area contributed by atoms with E-state index >= 15 is 0 Å². The molecule has 1 aliphatic carbocycles. The minimum Gasteiger partial charge on any atom is -0.338 e. The minimum absolute atomic E-state index is 0.157. The van der Waals surface area contributed by atoms with Crippen molar-refractivity contribution in [3.63, 3.8) is 0 Å². The highest BCUT2D eigenvalue weighted by Gasteiger charge is 2.37. The zero-order valence-corrected chi connectivity index (χ0v) is 13.6. The van der Waals surface area contributed by atoms with Gasteiger partial charge in [0.15, 0.2) is 0 Å². The predicted octanol–water partition coefficient (Wildman–Crippen LogP) is 3.05. The quantitative estimate of drug-likeness (QED) is 0.859. The normalized spacial score (nSPS) is 24.0. The Kier molecular flexibility index (Phi) is 4.60. The van der Waals surface area contributed by atoms with Gasteiger partial charge in [0.25, 0.3) is 0 Å². The van der Waals surface area contributed by atoms with E-state index in [1.807, 2.05) is 12.3 Å². The molecule has 5 nitrogen and oxygen atoms in total. The number of carbonyl (C=O) groups is 1. The zero-order valence-electron chi connectivity index (χ0n) is 13.6. The van der Waals surface area contributed by atoms with E-state index in [4.69, 9.17) is 0 Å². The van der Waals surface area contributed by atoms with E-state index in [0.29, 0.717) is 12.0 Å². The maximum Gasteiger partial charge on any atom is 0.247 e. The van der Waals surface area contributed by atoms with Crippen LogP contribution in [0.15, 0.2) is 12.3 Å². The zero-order chi connectivity index (χ0) is 15.5. The molecular formula is C17H26N4O. The number of rotatable bonds is 4. The molecule has 0 aromatic carbocycles. The molecule has 1 atom stereocenters. The van der Waals surface area contributed by atoms with Gasteiger partial charge in [0.2, 0.25) is 5.91 Å². The summed E-state index contributed by atoms with van der Waals surface area (Å²) in [5.74, 6) is 0.719. The third-order valence-electron chi connectivity index (χ3n) is 4.73. The van der Waals surface area contributed by atoms with Crippen molar-refractivity contribution in [2.75, 3.05) is 6.54 Å². The molecule has 0 spiro atoms. The van der Waals surface area contributed by atoms with Crippen LogP contribution < -0.4 is 0 Å². The Morgan fingerprint density at radius 1 is 1.23 bits per heavy atom. The van der Waals surface area contributed by atoms with Crippen LogP contribution in [-0.4, -0.2) is 38.4 Å². The fraction of sp³-hybridized carbons (Fsp3) is 0.706. The second kappa shape index (κ2) is 6.63. The number of carbonyl (C=O) groups excluding carboxylic acids is 1. The highest BCUT2D eigenvalue weighted by atomic mass is 16.2. The van der Waals surface area contributed by atoms with Gasteiger partial charge in [-0.15, -0.1) is 5.10 Å². The molecule has 1 amide bonds. The molecule has 1 unspecified atom stereocenters. The van der Waals surface area contributed by atoms with Gasteiger partial charge in [-0.2, -0.15) is 0 Å². The lowest BCUT2D eigenvalue weighted by atomic mass is 9.94. The van der Waals surface area contributed by atoms with Crippen molar-refractivity contribution in [1.82, 2.24) is 19.9 Å². The second-order valence-electron chi connectivity index (χ2n) is 6.85. The summed E-state index contributed by atoms with van der Waals surface area (Å²) in [7, 11) is 0. The molecule has 2 fully saturated rings. The Hall–Kier alpha value is -1.65. The van der Waals surface area contributed by atoms with Crippen molar-refractivity contribution in [3.05, 3.63) is 18.0 Å². The Balaban J connectivity index is 1.67. The van der Waals surface area contributed by atoms with E-state index in [1.165, 1.54) is 19.3 Å². The molecule has 1 saturated carbocycles. The number of amides is 1. The highest BCUT2D eigenvalue weighted by Crippen LogP contribution is 2.30. The molecule has 1 saturated heterocycles. The summed E-state index contributed by atoms with van der Waals surface area (Å²) in [6.45, 7) is 5.12. The number of nitrogens with zero attached hydrogens (tertiary/aromatic N) is 4. The molecule has 0 N–H and O–H groups in total. The summed E-state index contributed by atoms with van der Waals surface area (Å²) in [6.07, 6.45) is 13.0. The van der Waals surface area contributed by atoms with Crippen LogP contribution in [0.25, 0.3) is 6.08 Å². The van der Waals surface area contributed by atoms with Crippen LogP contribution in [0.1, 0.15) is 64.1 Å². The average Bonchev–Trinajstić information content (AvgIpc) is 3.12. The summed E-state index contributed by atoms with van der Waals surface area (Å²) in [4.78, 5) is 14.8. The number of hydrogen-bond donors (Lipinski definition) is 0. The molecule has 5 heteroatoms. The second-order valence-corrected chi connectivity index (χ2v) is 6.85. The lowest BCUT2D eigenvalue weighted by Gasteiger charge is -2.31. The van der Waals surface area contributed by atoms with Crippen molar-refractivity contribution in [1.29, 1.82) is 0 Å². The SMILES string of the molecule is CC(C)C=Cc1cn(C2CCN(C3CCCCC3)C2=O)nn1. The first-order valence-corrected chi connectivity index (χ1v) is 8.55. The van der Waals surface area contributed by atoms with E-state index in [1.54, 1.807) is 4.68 Å². The summed E-state index contributed by atoms with van der Waals surface area (Å²) in [5, 5.41) is 8.33. The molecule has 120 valence electrons. The summed E-state index contributed by atoms with van der Waals surface area (Å²) >= 11 is 0. The molecule has 1 aliphatic heterocycles. The summed E-state index contributed by atoms with van der Waals surface area (Å²) in [6, 6.07) is 0.297. The number of allylic oxidation sites excluding steroid dienone is 1. The Labute approximate surface area is 132 Å². The highest BCUT2D eigenvalue weighted by molar-refractivity contribution is 5.82. The molecule has 2 aliphatic rings. The van der Waals surface area contributed by atoms with Gasteiger partial charge >= 0.3 is 0 Å². The maximum absolute atomic E-state index is 12.7. The van der Waals surface area contributed by atoms with Crippen LogP contribution in [0, 0.1) is 5.92 Å². The Morgan fingerprint density at radius 2 is 2.00 bits per heavy atom. The largest absolute Gasteiger partial charge is 0.338 e. The molecular weight excluding hydrogens is 276 g/mol. The predicted molar refractivity (Wildman–Crippen MR) is 86.1 cm³/mol. The maximum atomic E-state index is 12.7. The number of likely N-dealkylation sites (tertiary alicyclic amines) is 1. The van der Waals surface area contributed by atoms with Crippen LogP contribution >= 0.6 is 0 Å². The van der Waals surface area contributed by atoms with Crippen molar-refractivity contribution >= 4 is 12.0 Å². The monoisotopic (exact) mass is 302 g/mol. The first kappa shape index (κ1) is 15.3. The molecule has 2 heterocycles. The molecule has 0 bridgehead atoms. The van der Waals surface area contributed by atoms with Crippen LogP contribution in [-0.2, 0) is 4.79 Å². The lowest BCUT2D eigenvalue weighted by Crippen LogP contribution is -2.39. The summed E-state index contributed by atoms with van der Waals surface area (Å²) in [5.41, 5.74) is 0.831. The van der Waals surface area contributed by atoms with Crippen LogP contribution in [0.3, 0.4) is 0 Å². The summed E-state index contributed by atoms with van der Waals surface area (Å²) < 4.78 is 1.76. The van der Waals surface area contributed by atoms with Crippen molar-refractivity contribution in [3.8, 4) is 0 Å². The van der Waals surface area contributed by atoms with Crippen molar-refractivity contribution in [2.24, 2.45) is 5.92 Å². The standard InChI is InChI=1S/C17H26N4O/c1-13(2)8-9-14-12-21(19-18-14)16-10-11-20(17(16)22)15-6-4-3-5-7-15/h8-9,12-13,15-16H,3-7,10-11H2,1-2H3. The van der Waals surface area contributed by atoms with E-state index in [0.717, 1.165) is 31.5 Å². The molecule has 3 rings (SSSR count). The van der Waals surface area contributed by atoms with Gasteiger partial charge < -0.3 is 4.90 Å². The van der Waals surface area contributed by atoms with E-state index in [2.05, 4.69) is 35.1 Å². The van der Waals surface area contributed by atoms with Gasteiger partial charge in [0.05, 0.1) is 6.20 Å². The molecule has 22 heavy (non-hydrogen) atoms. The Bertz CT molecular complexity index is 543. The van der Waals surface area contributed by atoms with Gasteiger partial charge in [-0.3, -0.25) is 4.79 Å². The Morgan fingerprint density at radius 3 is 2.73 bits per heavy atom. The van der Waals surface area contributed by atoms with Gasteiger partial charge in [0, 0.05) is 12.6 Å². The van der Waals surface area contributed by atoms with Crippen LogP contribution in [0.5, 0.6) is 0 Å². The van der Waals surface area contributed by atoms with E-state index in [-0.39, 0.29) is 11.9 Å². The van der Waals surface area contributed by atoms with Crippen LogP contribution in [0.4, 0.5) is 0 Å².